The monoisotopic (exact) mass is 334 g/mol. The Morgan fingerprint density at radius 3 is 2.83 bits per heavy atom. The van der Waals surface area contributed by atoms with E-state index >= 15 is 0 Å². The zero-order chi connectivity index (χ0) is 17.5. The lowest BCUT2D eigenvalue weighted by atomic mass is 9.81. The quantitative estimate of drug-likeness (QED) is 0.825. The smallest absolute Gasteiger partial charge is 0.316 e. The van der Waals surface area contributed by atoms with E-state index in [0.29, 0.717) is 24.4 Å². The van der Waals surface area contributed by atoms with Gasteiger partial charge >= 0.3 is 5.97 Å². The number of hydrogen-bond acceptors (Lipinski definition) is 5. The first-order valence-corrected chi connectivity index (χ1v) is 8.07. The molecule has 130 valence electrons. The van der Waals surface area contributed by atoms with E-state index in [9.17, 15) is 14.4 Å². The topological polar surface area (TPSA) is 88.7 Å². The van der Waals surface area contributed by atoms with Crippen molar-refractivity contribution in [3.8, 4) is 0 Å². The highest BCUT2D eigenvalue weighted by Gasteiger charge is 2.57. The molecule has 1 aromatic rings. The van der Waals surface area contributed by atoms with Crippen LogP contribution in [-0.4, -0.2) is 55.2 Å². The van der Waals surface area contributed by atoms with Crippen molar-refractivity contribution in [3.05, 3.63) is 33.7 Å². The summed E-state index contributed by atoms with van der Waals surface area (Å²) in [5.41, 5.74) is 0.0938. The Morgan fingerprint density at radius 2 is 2.17 bits per heavy atom. The number of carbonyl (C=O) groups is 2. The maximum Gasteiger partial charge on any atom is 0.316 e. The van der Waals surface area contributed by atoms with Gasteiger partial charge in [0, 0.05) is 30.8 Å². The number of rotatable bonds is 3. The normalized spacial score (nSPS) is 25.8. The number of nitrogens with zero attached hydrogens (tertiary/aromatic N) is 1. The van der Waals surface area contributed by atoms with Gasteiger partial charge in [-0.3, -0.25) is 14.4 Å². The molecule has 2 aliphatic heterocycles. The molecule has 24 heavy (non-hydrogen) atoms. The van der Waals surface area contributed by atoms with Gasteiger partial charge in [0.05, 0.1) is 25.9 Å². The number of carbonyl (C=O) groups excluding carboxylic acids is 2. The van der Waals surface area contributed by atoms with E-state index in [1.54, 1.807) is 11.0 Å². The second-order valence-electron chi connectivity index (χ2n) is 6.85. The average molecular weight is 334 g/mol. The first-order valence-electron chi connectivity index (χ1n) is 8.07. The van der Waals surface area contributed by atoms with Gasteiger partial charge in [0.25, 0.3) is 5.91 Å². The third-order valence-corrected chi connectivity index (χ3v) is 5.01. The summed E-state index contributed by atoms with van der Waals surface area (Å²) in [5.74, 6) is -0.546. The van der Waals surface area contributed by atoms with Gasteiger partial charge < -0.3 is 19.4 Å². The zero-order valence-electron chi connectivity index (χ0n) is 14.1. The predicted molar refractivity (Wildman–Crippen MR) is 85.8 cm³/mol. The van der Waals surface area contributed by atoms with Gasteiger partial charge in [-0.2, -0.15) is 0 Å². The van der Waals surface area contributed by atoms with Gasteiger partial charge in [-0.25, -0.2) is 0 Å². The molecule has 0 bridgehead atoms. The predicted octanol–water partition coefficient (Wildman–Crippen LogP) is 0.760. The second-order valence-corrected chi connectivity index (χ2v) is 6.85. The number of esters is 1. The minimum absolute atomic E-state index is 0.0119. The van der Waals surface area contributed by atoms with Crippen molar-refractivity contribution in [1.82, 2.24) is 9.88 Å². The standard InChI is InChI=1S/C17H22N2O5/c1-10(2)14-12(4-5-13(20)18-14)15(21)19-6-11-7-24-9-17(11,8-19)16(22)23-3/h4-5,10-11H,6-9H2,1-3H3,(H,18,20)/t11-,17-/m0/s1. The van der Waals surface area contributed by atoms with Crippen LogP contribution in [0.4, 0.5) is 0 Å². The van der Waals surface area contributed by atoms with Crippen LogP contribution < -0.4 is 5.56 Å². The van der Waals surface area contributed by atoms with Gasteiger partial charge in [0.15, 0.2) is 0 Å². The van der Waals surface area contributed by atoms with Crippen LogP contribution in [0.3, 0.4) is 0 Å². The summed E-state index contributed by atoms with van der Waals surface area (Å²) in [6.45, 7) is 5.29. The fourth-order valence-corrected chi connectivity index (χ4v) is 3.68. The van der Waals surface area contributed by atoms with Gasteiger partial charge in [0.2, 0.25) is 5.56 Å². The lowest BCUT2D eigenvalue weighted by Crippen LogP contribution is -2.41. The molecule has 0 aromatic carbocycles. The molecule has 7 heteroatoms. The zero-order valence-corrected chi connectivity index (χ0v) is 14.1. The number of hydrogen-bond donors (Lipinski definition) is 1. The Hall–Kier alpha value is -2.15. The van der Waals surface area contributed by atoms with E-state index in [1.165, 1.54) is 13.2 Å². The molecule has 0 saturated carbocycles. The molecule has 0 unspecified atom stereocenters. The molecule has 1 amide bonds. The van der Waals surface area contributed by atoms with Crippen molar-refractivity contribution in [1.29, 1.82) is 0 Å². The molecule has 3 heterocycles. The highest BCUT2D eigenvalue weighted by atomic mass is 16.5. The molecule has 7 nitrogen and oxygen atoms in total. The van der Waals surface area contributed by atoms with Gasteiger partial charge in [-0.1, -0.05) is 13.8 Å². The van der Waals surface area contributed by atoms with Gasteiger partial charge in [-0.15, -0.1) is 0 Å². The van der Waals surface area contributed by atoms with Crippen molar-refractivity contribution >= 4 is 11.9 Å². The van der Waals surface area contributed by atoms with E-state index < -0.39 is 5.41 Å². The molecular formula is C17H22N2O5. The number of ether oxygens (including phenoxy) is 2. The summed E-state index contributed by atoms with van der Waals surface area (Å²) in [6.07, 6.45) is 0. The van der Waals surface area contributed by atoms with Crippen LogP contribution >= 0.6 is 0 Å². The highest BCUT2D eigenvalue weighted by Crippen LogP contribution is 2.42. The van der Waals surface area contributed by atoms with E-state index in [2.05, 4.69) is 4.98 Å². The lowest BCUT2D eigenvalue weighted by Gasteiger charge is -2.24. The van der Waals surface area contributed by atoms with Crippen LogP contribution in [-0.2, 0) is 14.3 Å². The summed E-state index contributed by atoms with van der Waals surface area (Å²) >= 11 is 0. The Kier molecular flexibility index (Phi) is 4.21. The Bertz CT molecular complexity index is 726. The highest BCUT2D eigenvalue weighted by molar-refractivity contribution is 5.96. The van der Waals surface area contributed by atoms with E-state index in [-0.39, 0.29) is 42.4 Å². The Labute approximate surface area is 139 Å². The van der Waals surface area contributed by atoms with E-state index in [1.807, 2.05) is 13.8 Å². The third-order valence-electron chi connectivity index (χ3n) is 5.01. The number of methoxy groups -OCH3 is 1. The third kappa shape index (κ3) is 2.53. The van der Waals surface area contributed by atoms with Crippen LogP contribution in [0.2, 0.25) is 0 Å². The van der Waals surface area contributed by atoms with Crippen LogP contribution in [0, 0.1) is 11.3 Å². The summed E-state index contributed by atoms with van der Waals surface area (Å²) in [4.78, 5) is 41.2. The van der Waals surface area contributed by atoms with Gasteiger partial charge in [-0.05, 0) is 12.0 Å². The molecule has 1 N–H and O–H groups in total. The van der Waals surface area contributed by atoms with Crippen LogP contribution in [0.5, 0.6) is 0 Å². The van der Waals surface area contributed by atoms with Crippen molar-refractivity contribution in [3.63, 3.8) is 0 Å². The van der Waals surface area contributed by atoms with Crippen molar-refractivity contribution in [2.75, 3.05) is 33.4 Å². The lowest BCUT2D eigenvalue weighted by molar-refractivity contribution is -0.153. The number of fused-ring (bicyclic) bond motifs is 1. The maximum atomic E-state index is 13.0. The Balaban J connectivity index is 1.91. The molecule has 0 radical (unpaired) electrons. The summed E-state index contributed by atoms with van der Waals surface area (Å²) in [7, 11) is 1.36. The van der Waals surface area contributed by atoms with Crippen LogP contribution in [0.15, 0.2) is 16.9 Å². The van der Waals surface area contributed by atoms with Crippen molar-refractivity contribution < 1.29 is 19.1 Å². The van der Waals surface area contributed by atoms with E-state index in [4.69, 9.17) is 9.47 Å². The number of aromatic nitrogens is 1. The number of aromatic amines is 1. The molecule has 2 saturated heterocycles. The first kappa shape index (κ1) is 16.7. The number of amides is 1. The average Bonchev–Trinajstić information content (AvgIpc) is 3.11. The molecule has 2 fully saturated rings. The summed E-state index contributed by atoms with van der Waals surface area (Å²) < 4.78 is 10.4. The SMILES string of the molecule is COC(=O)[C@@]12COC[C@@H]1CN(C(=O)c1ccc(=O)[nH]c1C(C)C)C2. The van der Waals surface area contributed by atoms with Crippen molar-refractivity contribution in [2.24, 2.45) is 11.3 Å². The fourth-order valence-electron chi connectivity index (χ4n) is 3.68. The molecule has 3 rings (SSSR count). The fraction of sp³-hybridized carbons (Fsp3) is 0.588. The summed E-state index contributed by atoms with van der Waals surface area (Å²) in [5, 5.41) is 0. The molecular weight excluding hydrogens is 312 g/mol. The molecule has 1 aromatic heterocycles. The number of H-pyrrole nitrogens is 1. The van der Waals surface area contributed by atoms with Crippen molar-refractivity contribution in [2.45, 2.75) is 19.8 Å². The molecule has 0 spiro atoms. The van der Waals surface area contributed by atoms with E-state index in [0.717, 1.165) is 0 Å². The Morgan fingerprint density at radius 1 is 1.42 bits per heavy atom. The number of likely N-dealkylation sites (tertiary alicyclic amines) is 1. The molecule has 2 aliphatic rings. The molecule has 2 atom stereocenters. The summed E-state index contributed by atoms with van der Waals surface area (Å²) in [6, 6.07) is 2.92. The van der Waals surface area contributed by atoms with Crippen LogP contribution in [0.25, 0.3) is 0 Å². The van der Waals surface area contributed by atoms with Gasteiger partial charge in [0.1, 0.15) is 5.41 Å². The second kappa shape index (κ2) is 6.05. The maximum absolute atomic E-state index is 13.0. The van der Waals surface area contributed by atoms with Crippen LogP contribution in [0.1, 0.15) is 35.8 Å². The molecule has 0 aliphatic carbocycles. The number of pyridine rings is 1. The first-order chi connectivity index (χ1) is 11.4. The minimum atomic E-state index is -0.773. The minimum Gasteiger partial charge on any atom is -0.468 e. The largest absolute Gasteiger partial charge is 0.468 e. The number of nitrogens with one attached hydrogen (secondary N) is 1.